The molecule has 0 radical (unpaired) electrons. The number of carbonyl (C=O) groups is 1. The predicted octanol–water partition coefficient (Wildman–Crippen LogP) is 3.29. The van der Waals surface area contributed by atoms with E-state index < -0.39 is 5.60 Å². The van der Waals surface area contributed by atoms with Crippen molar-refractivity contribution in [3.63, 3.8) is 0 Å². The van der Waals surface area contributed by atoms with Gasteiger partial charge in [0.2, 0.25) is 0 Å². The van der Waals surface area contributed by atoms with E-state index in [2.05, 4.69) is 28.5 Å². The zero-order chi connectivity index (χ0) is 17.2. The molecular weight excluding hydrogens is 304 g/mol. The molecule has 1 aromatic carbocycles. The Kier molecular flexibility index (Phi) is 4.38. The van der Waals surface area contributed by atoms with Crippen LogP contribution in [0.5, 0.6) is 0 Å². The number of carbonyl (C=O) groups excluding carboxylic acids is 1. The lowest BCUT2D eigenvalue weighted by molar-refractivity contribution is 0.0270. The highest BCUT2D eigenvalue weighted by atomic mass is 16.6. The number of benzene rings is 1. The molecule has 126 valence electrons. The first-order valence-electron chi connectivity index (χ1n) is 8.06. The van der Waals surface area contributed by atoms with Crippen LogP contribution in [0, 0.1) is 0 Å². The highest BCUT2D eigenvalue weighted by Crippen LogP contribution is 2.24. The van der Waals surface area contributed by atoms with Gasteiger partial charge in [0.25, 0.3) is 0 Å². The minimum Gasteiger partial charge on any atom is -0.444 e. The Hall–Kier alpha value is -2.63. The van der Waals surface area contributed by atoms with Crippen molar-refractivity contribution in [2.75, 3.05) is 13.1 Å². The smallest absolute Gasteiger partial charge is 0.410 e. The fourth-order valence-corrected chi connectivity index (χ4v) is 2.60. The molecule has 0 fully saturated rings. The van der Waals surface area contributed by atoms with E-state index in [1.165, 1.54) is 11.1 Å². The van der Waals surface area contributed by atoms with Crippen LogP contribution in [0.15, 0.2) is 42.7 Å². The van der Waals surface area contributed by atoms with Gasteiger partial charge in [0.05, 0.1) is 18.1 Å². The summed E-state index contributed by atoms with van der Waals surface area (Å²) in [6.07, 6.45) is 6.13. The van der Waals surface area contributed by atoms with Gasteiger partial charge in [-0.2, -0.15) is 0 Å². The average molecular weight is 326 g/mol. The number of aromatic nitrogens is 3. The van der Waals surface area contributed by atoms with E-state index in [-0.39, 0.29) is 6.09 Å². The second kappa shape index (κ2) is 6.47. The van der Waals surface area contributed by atoms with Gasteiger partial charge in [-0.1, -0.05) is 23.4 Å². The van der Waals surface area contributed by atoms with Crippen molar-refractivity contribution in [2.45, 2.75) is 32.8 Å². The zero-order valence-corrected chi connectivity index (χ0v) is 14.3. The first kappa shape index (κ1) is 16.2. The lowest BCUT2D eigenvalue weighted by Crippen LogP contribution is -2.39. The summed E-state index contributed by atoms with van der Waals surface area (Å²) in [5.41, 5.74) is 2.93. The van der Waals surface area contributed by atoms with Crippen molar-refractivity contribution in [3.8, 4) is 5.69 Å². The molecule has 1 aliphatic heterocycles. The van der Waals surface area contributed by atoms with E-state index in [9.17, 15) is 4.79 Å². The second-order valence-electron chi connectivity index (χ2n) is 6.80. The predicted molar refractivity (Wildman–Crippen MR) is 91.8 cm³/mol. The summed E-state index contributed by atoms with van der Waals surface area (Å²) < 4.78 is 7.14. The SMILES string of the molecule is CC(C)(C)OC(=O)N1CC=C(c2ccc(-n3ccnn3)cc2)CC1. The summed E-state index contributed by atoms with van der Waals surface area (Å²) in [5, 5.41) is 7.79. The third-order valence-corrected chi connectivity index (χ3v) is 3.79. The molecule has 0 unspecified atom stereocenters. The Morgan fingerprint density at radius 2 is 1.96 bits per heavy atom. The van der Waals surface area contributed by atoms with Crippen molar-refractivity contribution >= 4 is 11.7 Å². The van der Waals surface area contributed by atoms with Gasteiger partial charge in [0, 0.05) is 13.1 Å². The van der Waals surface area contributed by atoms with Gasteiger partial charge < -0.3 is 9.64 Å². The Morgan fingerprint density at radius 3 is 2.50 bits per heavy atom. The van der Waals surface area contributed by atoms with E-state index in [0.717, 1.165) is 12.1 Å². The highest BCUT2D eigenvalue weighted by molar-refractivity contribution is 5.73. The van der Waals surface area contributed by atoms with Gasteiger partial charge in [-0.3, -0.25) is 0 Å². The van der Waals surface area contributed by atoms with Crippen LogP contribution in [-0.2, 0) is 4.74 Å². The van der Waals surface area contributed by atoms with Crippen LogP contribution in [0.2, 0.25) is 0 Å². The number of amides is 1. The monoisotopic (exact) mass is 326 g/mol. The van der Waals surface area contributed by atoms with Crippen LogP contribution in [-0.4, -0.2) is 44.7 Å². The van der Waals surface area contributed by atoms with Gasteiger partial charge in [0.1, 0.15) is 5.60 Å². The summed E-state index contributed by atoms with van der Waals surface area (Å²) in [5.74, 6) is 0. The molecule has 1 amide bonds. The van der Waals surface area contributed by atoms with Gasteiger partial charge in [0.15, 0.2) is 0 Å². The average Bonchev–Trinajstić information content (AvgIpc) is 3.08. The number of hydrogen-bond donors (Lipinski definition) is 0. The molecule has 0 aliphatic carbocycles. The van der Waals surface area contributed by atoms with Crippen LogP contribution in [0.3, 0.4) is 0 Å². The number of hydrogen-bond acceptors (Lipinski definition) is 4. The molecule has 6 heteroatoms. The van der Waals surface area contributed by atoms with Crippen LogP contribution in [0.4, 0.5) is 4.79 Å². The molecule has 1 aliphatic rings. The second-order valence-corrected chi connectivity index (χ2v) is 6.80. The molecule has 0 saturated carbocycles. The molecule has 0 bridgehead atoms. The van der Waals surface area contributed by atoms with Crippen LogP contribution < -0.4 is 0 Å². The molecule has 3 rings (SSSR count). The number of nitrogens with zero attached hydrogens (tertiary/aromatic N) is 4. The molecule has 0 N–H and O–H groups in total. The van der Waals surface area contributed by atoms with E-state index in [0.29, 0.717) is 13.1 Å². The van der Waals surface area contributed by atoms with Crippen molar-refractivity contribution < 1.29 is 9.53 Å². The Balaban J connectivity index is 1.66. The molecular formula is C18H22N4O2. The quantitative estimate of drug-likeness (QED) is 0.849. The topological polar surface area (TPSA) is 60.2 Å². The maximum atomic E-state index is 12.1. The Labute approximate surface area is 141 Å². The molecule has 0 saturated heterocycles. The largest absolute Gasteiger partial charge is 0.444 e. The molecule has 2 aromatic rings. The number of ether oxygens (including phenoxy) is 1. The van der Waals surface area contributed by atoms with E-state index in [1.807, 2.05) is 39.1 Å². The van der Waals surface area contributed by atoms with E-state index >= 15 is 0 Å². The third kappa shape index (κ3) is 3.82. The van der Waals surface area contributed by atoms with E-state index in [1.54, 1.807) is 15.8 Å². The Morgan fingerprint density at radius 1 is 1.21 bits per heavy atom. The Bertz CT molecular complexity index is 727. The first-order valence-corrected chi connectivity index (χ1v) is 8.06. The fourth-order valence-electron chi connectivity index (χ4n) is 2.60. The normalized spacial score (nSPS) is 15.1. The fraction of sp³-hybridized carbons (Fsp3) is 0.389. The van der Waals surface area contributed by atoms with Crippen LogP contribution in [0.1, 0.15) is 32.8 Å². The van der Waals surface area contributed by atoms with Crippen molar-refractivity contribution in [1.82, 2.24) is 19.9 Å². The molecule has 24 heavy (non-hydrogen) atoms. The highest BCUT2D eigenvalue weighted by Gasteiger charge is 2.23. The van der Waals surface area contributed by atoms with Gasteiger partial charge in [-0.05, 0) is 50.5 Å². The maximum Gasteiger partial charge on any atom is 0.410 e. The molecule has 0 spiro atoms. The molecule has 0 atom stereocenters. The summed E-state index contributed by atoms with van der Waals surface area (Å²) in [6, 6.07) is 8.19. The lowest BCUT2D eigenvalue weighted by atomic mass is 9.99. The third-order valence-electron chi connectivity index (χ3n) is 3.79. The van der Waals surface area contributed by atoms with Crippen molar-refractivity contribution in [2.24, 2.45) is 0 Å². The number of rotatable bonds is 2. The van der Waals surface area contributed by atoms with Crippen molar-refractivity contribution in [3.05, 3.63) is 48.3 Å². The maximum absolute atomic E-state index is 12.1. The van der Waals surface area contributed by atoms with Crippen LogP contribution in [0.25, 0.3) is 11.3 Å². The summed E-state index contributed by atoms with van der Waals surface area (Å²) in [7, 11) is 0. The minimum atomic E-state index is -0.460. The molecule has 1 aromatic heterocycles. The molecule has 2 heterocycles. The summed E-state index contributed by atoms with van der Waals surface area (Å²) in [6.45, 7) is 6.90. The summed E-state index contributed by atoms with van der Waals surface area (Å²) >= 11 is 0. The lowest BCUT2D eigenvalue weighted by Gasteiger charge is -2.29. The van der Waals surface area contributed by atoms with Gasteiger partial charge in [-0.15, -0.1) is 5.10 Å². The standard InChI is InChI=1S/C18H22N4O2/c1-18(2,3)24-17(23)21-11-8-15(9-12-21)14-4-6-16(7-5-14)22-13-10-19-20-22/h4-8,10,13H,9,11-12H2,1-3H3. The van der Waals surface area contributed by atoms with Gasteiger partial charge in [-0.25, -0.2) is 9.48 Å². The molecule has 6 nitrogen and oxygen atoms in total. The van der Waals surface area contributed by atoms with E-state index in [4.69, 9.17) is 4.74 Å². The van der Waals surface area contributed by atoms with Gasteiger partial charge >= 0.3 is 6.09 Å². The van der Waals surface area contributed by atoms with Crippen LogP contribution >= 0.6 is 0 Å². The van der Waals surface area contributed by atoms with Crippen molar-refractivity contribution in [1.29, 1.82) is 0 Å². The zero-order valence-electron chi connectivity index (χ0n) is 14.3. The first-order chi connectivity index (χ1) is 11.4. The minimum absolute atomic E-state index is 0.251. The summed E-state index contributed by atoms with van der Waals surface area (Å²) in [4.78, 5) is 13.8.